The first-order valence-corrected chi connectivity index (χ1v) is 9.40. The van der Waals surface area contributed by atoms with E-state index >= 15 is 0 Å². The molecule has 2 heterocycles. The van der Waals surface area contributed by atoms with E-state index in [0.717, 1.165) is 69.0 Å². The summed E-state index contributed by atoms with van der Waals surface area (Å²) in [6.45, 7) is 3.42. The van der Waals surface area contributed by atoms with Crippen molar-refractivity contribution in [1.82, 2.24) is 10.2 Å². The van der Waals surface area contributed by atoms with E-state index in [-0.39, 0.29) is 17.0 Å². The maximum Gasteiger partial charge on any atom is 0.318 e. The smallest absolute Gasteiger partial charge is 0.318 e. The lowest BCUT2D eigenvalue weighted by molar-refractivity contribution is -0.0188. The third-order valence-electron chi connectivity index (χ3n) is 6.00. The molecule has 4 rings (SSSR count). The average molecular weight is 349 g/mol. The lowest BCUT2D eigenvalue weighted by Crippen LogP contribution is -2.53. The van der Waals surface area contributed by atoms with Gasteiger partial charge in [0.25, 0.3) is 0 Å². The van der Waals surface area contributed by atoms with Gasteiger partial charge in [0.1, 0.15) is 0 Å². The normalized spacial score (nSPS) is 24.6. The molecule has 2 aliphatic heterocycles. The van der Waals surface area contributed by atoms with Gasteiger partial charge in [0.2, 0.25) is 0 Å². The fourth-order valence-corrected chi connectivity index (χ4v) is 4.38. The van der Waals surface area contributed by atoms with Gasteiger partial charge >= 0.3 is 6.03 Å². The number of hydrogen-bond acceptors (Lipinski definition) is 2. The van der Waals surface area contributed by atoms with Crippen molar-refractivity contribution < 1.29 is 9.53 Å². The molecule has 4 nitrogen and oxygen atoms in total. The number of amides is 2. The predicted molar refractivity (Wildman–Crippen MR) is 94.2 cm³/mol. The Morgan fingerprint density at radius 1 is 1.08 bits per heavy atom. The molecule has 3 aliphatic rings. The van der Waals surface area contributed by atoms with Crippen molar-refractivity contribution in [2.75, 3.05) is 26.3 Å². The van der Waals surface area contributed by atoms with Crippen molar-refractivity contribution >= 4 is 17.6 Å². The molecule has 0 aromatic heterocycles. The van der Waals surface area contributed by atoms with Gasteiger partial charge in [-0.2, -0.15) is 0 Å². The molecule has 1 aliphatic carbocycles. The average Bonchev–Trinajstić information content (AvgIpc) is 3.37. The molecule has 24 heavy (non-hydrogen) atoms. The Balaban J connectivity index is 1.43. The zero-order valence-corrected chi connectivity index (χ0v) is 14.8. The van der Waals surface area contributed by atoms with Crippen LogP contribution in [0.5, 0.6) is 0 Å². The van der Waals surface area contributed by atoms with Crippen LogP contribution >= 0.6 is 11.6 Å². The van der Waals surface area contributed by atoms with Gasteiger partial charge in [-0.05, 0) is 61.6 Å². The maximum absolute atomic E-state index is 12.9. The first kappa shape index (κ1) is 16.2. The Bertz CT molecular complexity index is 601. The molecule has 1 saturated carbocycles. The second kappa shape index (κ2) is 6.23. The number of halogens is 1. The fraction of sp³-hybridized carbons (Fsp3) is 0.632. The molecule has 1 aromatic carbocycles. The molecule has 130 valence electrons. The number of urea groups is 1. The Labute approximate surface area is 148 Å². The molecule has 1 spiro atoms. The summed E-state index contributed by atoms with van der Waals surface area (Å²) >= 11 is 5.99. The number of carbonyl (C=O) groups excluding carboxylic acids is 1. The van der Waals surface area contributed by atoms with Crippen molar-refractivity contribution in [1.29, 1.82) is 0 Å². The first-order valence-electron chi connectivity index (χ1n) is 9.02. The minimum atomic E-state index is -0.179. The van der Waals surface area contributed by atoms with E-state index in [9.17, 15) is 4.79 Å². The highest BCUT2D eigenvalue weighted by Crippen LogP contribution is 2.46. The van der Waals surface area contributed by atoms with E-state index in [0.29, 0.717) is 0 Å². The monoisotopic (exact) mass is 348 g/mol. The van der Waals surface area contributed by atoms with Crippen LogP contribution in [-0.2, 0) is 10.3 Å². The number of carbonyl (C=O) groups is 1. The number of likely N-dealkylation sites (tertiary alicyclic amines) is 1. The molecular formula is C19H25ClN2O2. The lowest BCUT2D eigenvalue weighted by atomic mass is 9.74. The zero-order chi connectivity index (χ0) is 16.6. The third-order valence-corrected chi connectivity index (χ3v) is 6.25. The molecule has 5 heteroatoms. The van der Waals surface area contributed by atoms with Crippen LogP contribution in [0.15, 0.2) is 24.3 Å². The largest absolute Gasteiger partial charge is 0.381 e. The summed E-state index contributed by atoms with van der Waals surface area (Å²) in [4.78, 5) is 14.9. The van der Waals surface area contributed by atoms with E-state index < -0.39 is 0 Å². The molecule has 0 atom stereocenters. The molecule has 3 fully saturated rings. The summed E-state index contributed by atoms with van der Waals surface area (Å²) in [6, 6.07) is 7.97. The molecular weight excluding hydrogens is 324 g/mol. The minimum Gasteiger partial charge on any atom is -0.381 e. The van der Waals surface area contributed by atoms with Crippen molar-refractivity contribution in [3.63, 3.8) is 0 Å². The van der Waals surface area contributed by atoms with Crippen molar-refractivity contribution in [3.05, 3.63) is 34.9 Å². The second-order valence-corrected chi connectivity index (χ2v) is 8.09. The van der Waals surface area contributed by atoms with Gasteiger partial charge < -0.3 is 15.0 Å². The Morgan fingerprint density at radius 2 is 1.79 bits per heavy atom. The molecule has 0 unspecified atom stereocenters. The van der Waals surface area contributed by atoms with Crippen LogP contribution in [0, 0.1) is 5.41 Å². The standard InChI is InChI=1S/C19H25ClN2O2/c20-16-4-2-15(3-5-16)19(7-8-19)21-17(23)22-11-1-6-18(14-22)9-12-24-13-10-18/h2-5H,1,6-14H2,(H,21,23). The number of piperidine rings is 1. The summed E-state index contributed by atoms with van der Waals surface area (Å²) in [5.74, 6) is 0. The van der Waals surface area contributed by atoms with Crippen LogP contribution in [-0.4, -0.2) is 37.2 Å². The summed E-state index contributed by atoms with van der Waals surface area (Å²) in [7, 11) is 0. The second-order valence-electron chi connectivity index (χ2n) is 7.66. The van der Waals surface area contributed by atoms with Gasteiger partial charge in [0.05, 0.1) is 5.54 Å². The molecule has 1 N–H and O–H groups in total. The Hall–Kier alpha value is -1.26. The summed E-state index contributed by atoms with van der Waals surface area (Å²) in [6.07, 6.45) is 6.50. The van der Waals surface area contributed by atoms with Gasteiger partial charge in [0, 0.05) is 31.3 Å². The van der Waals surface area contributed by atoms with E-state index in [2.05, 4.69) is 5.32 Å². The number of hydrogen-bond donors (Lipinski definition) is 1. The summed E-state index contributed by atoms with van der Waals surface area (Å²) < 4.78 is 5.52. The molecule has 1 aromatic rings. The number of ether oxygens (including phenoxy) is 1. The van der Waals surface area contributed by atoms with Gasteiger partial charge in [-0.1, -0.05) is 23.7 Å². The van der Waals surface area contributed by atoms with Crippen LogP contribution in [0.2, 0.25) is 5.02 Å². The highest BCUT2D eigenvalue weighted by atomic mass is 35.5. The highest BCUT2D eigenvalue weighted by Gasteiger charge is 2.47. The highest BCUT2D eigenvalue weighted by molar-refractivity contribution is 6.30. The zero-order valence-electron chi connectivity index (χ0n) is 14.0. The third kappa shape index (κ3) is 3.14. The van der Waals surface area contributed by atoms with Crippen LogP contribution in [0.1, 0.15) is 44.1 Å². The number of rotatable bonds is 2. The lowest BCUT2D eigenvalue weighted by Gasteiger charge is -2.45. The SMILES string of the molecule is O=C(NC1(c2ccc(Cl)cc2)CC1)N1CCCC2(CCOCC2)C1. The Kier molecular flexibility index (Phi) is 4.21. The van der Waals surface area contributed by atoms with Crippen molar-refractivity contribution in [2.24, 2.45) is 5.41 Å². The van der Waals surface area contributed by atoms with E-state index in [1.54, 1.807) is 0 Å². The number of benzene rings is 1. The minimum absolute atomic E-state index is 0.0908. The summed E-state index contributed by atoms with van der Waals surface area (Å²) in [5, 5.41) is 4.04. The predicted octanol–water partition coefficient (Wildman–Crippen LogP) is 3.93. The number of nitrogens with one attached hydrogen (secondary N) is 1. The molecule has 2 amide bonds. The van der Waals surface area contributed by atoms with Gasteiger partial charge in [0.15, 0.2) is 0 Å². The van der Waals surface area contributed by atoms with Crippen molar-refractivity contribution in [2.45, 2.75) is 44.1 Å². The van der Waals surface area contributed by atoms with Crippen LogP contribution in [0.3, 0.4) is 0 Å². The van der Waals surface area contributed by atoms with Gasteiger partial charge in [-0.15, -0.1) is 0 Å². The van der Waals surface area contributed by atoms with E-state index in [1.165, 1.54) is 6.42 Å². The van der Waals surface area contributed by atoms with Crippen LogP contribution in [0.25, 0.3) is 0 Å². The van der Waals surface area contributed by atoms with Crippen LogP contribution < -0.4 is 5.32 Å². The maximum atomic E-state index is 12.9. The van der Waals surface area contributed by atoms with Gasteiger partial charge in [-0.25, -0.2) is 4.79 Å². The quantitative estimate of drug-likeness (QED) is 0.879. The molecule has 0 bridgehead atoms. The summed E-state index contributed by atoms with van der Waals surface area (Å²) in [5.41, 5.74) is 1.27. The topological polar surface area (TPSA) is 41.6 Å². The van der Waals surface area contributed by atoms with Gasteiger partial charge in [-0.3, -0.25) is 0 Å². The Morgan fingerprint density at radius 3 is 2.46 bits per heavy atom. The first-order chi connectivity index (χ1) is 11.6. The van der Waals surface area contributed by atoms with Crippen molar-refractivity contribution in [3.8, 4) is 0 Å². The fourth-order valence-electron chi connectivity index (χ4n) is 4.26. The molecule has 2 saturated heterocycles. The number of nitrogens with zero attached hydrogens (tertiary/aromatic N) is 1. The van der Waals surface area contributed by atoms with E-state index in [1.807, 2.05) is 29.2 Å². The van der Waals surface area contributed by atoms with E-state index in [4.69, 9.17) is 16.3 Å². The molecule has 0 radical (unpaired) electrons. The van der Waals surface area contributed by atoms with Crippen LogP contribution in [0.4, 0.5) is 4.79 Å².